The number of amides is 2. The summed E-state index contributed by atoms with van der Waals surface area (Å²) in [7, 11) is 0. The van der Waals surface area contributed by atoms with Gasteiger partial charge in [-0.1, -0.05) is 19.9 Å². The maximum Gasteiger partial charge on any atom is 0.330 e. The van der Waals surface area contributed by atoms with Crippen molar-refractivity contribution in [3.8, 4) is 0 Å². The molecule has 2 amide bonds. The van der Waals surface area contributed by atoms with Crippen LogP contribution in [0.15, 0.2) is 23.0 Å². The minimum absolute atomic E-state index is 0.159. The highest BCUT2D eigenvalue weighted by Crippen LogP contribution is 2.26. The molecule has 24 heavy (non-hydrogen) atoms. The number of carbonyl (C=O) groups excluding carboxylic acids is 2. The SMILES string of the molecule is CC.CC(C)n1c(=O)n(C2CCC(=O)NC2=O)c2cccc(F)c21. The van der Waals surface area contributed by atoms with Crippen LogP contribution in [-0.4, -0.2) is 20.9 Å². The van der Waals surface area contributed by atoms with E-state index in [-0.39, 0.29) is 30.3 Å². The highest BCUT2D eigenvalue weighted by molar-refractivity contribution is 6.00. The van der Waals surface area contributed by atoms with Crippen LogP contribution in [0.25, 0.3) is 11.0 Å². The van der Waals surface area contributed by atoms with E-state index in [1.54, 1.807) is 19.9 Å². The minimum Gasteiger partial charge on any atom is -0.295 e. The maximum atomic E-state index is 14.2. The Morgan fingerprint density at radius 3 is 2.46 bits per heavy atom. The van der Waals surface area contributed by atoms with E-state index in [1.165, 1.54) is 21.3 Å². The number of nitrogens with one attached hydrogen (secondary N) is 1. The van der Waals surface area contributed by atoms with Crippen LogP contribution >= 0.6 is 0 Å². The van der Waals surface area contributed by atoms with Gasteiger partial charge in [0.15, 0.2) is 0 Å². The molecule has 1 atom stereocenters. The largest absolute Gasteiger partial charge is 0.330 e. The van der Waals surface area contributed by atoms with Crippen molar-refractivity contribution in [3.63, 3.8) is 0 Å². The zero-order chi connectivity index (χ0) is 18.0. The quantitative estimate of drug-likeness (QED) is 0.857. The van der Waals surface area contributed by atoms with Gasteiger partial charge in [0.2, 0.25) is 11.8 Å². The Labute approximate surface area is 139 Å². The fourth-order valence-electron chi connectivity index (χ4n) is 2.96. The first-order valence-corrected chi connectivity index (χ1v) is 8.16. The van der Waals surface area contributed by atoms with Crippen molar-refractivity contribution in [1.29, 1.82) is 0 Å². The molecule has 2 aromatic rings. The lowest BCUT2D eigenvalue weighted by Gasteiger charge is -2.21. The highest BCUT2D eigenvalue weighted by Gasteiger charge is 2.32. The van der Waals surface area contributed by atoms with Gasteiger partial charge in [-0.05, 0) is 32.4 Å². The summed E-state index contributed by atoms with van der Waals surface area (Å²) in [6, 6.07) is 3.36. The molecule has 130 valence electrons. The molecule has 0 bridgehead atoms. The summed E-state index contributed by atoms with van der Waals surface area (Å²) in [6.07, 6.45) is 0.394. The smallest absolute Gasteiger partial charge is 0.295 e. The molecule has 7 heteroatoms. The van der Waals surface area contributed by atoms with E-state index in [1.807, 2.05) is 13.8 Å². The predicted octanol–water partition coefficient (Wildman–Crippen LogP) is 2.53. The third-order valence-electron chi connectivity index (χ3n) is 3.92. The lowest BCUT2D eigenvalue weighted by atomic mass is 10.1. The number of aromatic nitrogens is 2. The molecule has 0 spiro atoms. The molecule has 2 heterocycles. The number of halogens is 1. The van der Waals surface area contributed by atoms with Crippen molar-refractivity contribution in [3.05, 3.63) is 34.5 Å². The molecular weight excluding hydrogens is 313 g/mol. The van der Waals surface area contributed by atoms with Crippen LogP contribution in [0.1, 0.15) is 52.6 Å². The van der Waals surface area contributed by atoms with Gasteiger partial charge in [-0.15, -0.1) is 0 Å². The van der Waals surface area contributed by atoms with Crippen molar-refractivity contribution in [1.82, 2.24) is 14.5 Å². The maximum absolute atomic E-state index is 14.2. The Hall–Kier alpha value is -2.44. The fraction of sp³-hybridized carbons (Fsp3) is 0.471. The van der Waals surface area contributed by atoms with Gasteiger partial charge >= 0.3 is 5.69 Å². The van der Waals surface area contributed by atoms with E-state index < -0.39 is 23.5 Å². The first-order chi connectivity index (χ1) is 11.4. The lowest BCUT2D eigenvalue weighted by Crippen LogP contribution is -2.44. The third-order valence-corrected chi connectivity index (χ3v) is 3.92. The number of imidazole rings is 1. The Morgan fingerprint density at radius 2 is 1.88 bits per heavy atom. The molecule has 1 aliphatic rings. The summed E-state index contributed by atoms with van der Waals surface area (Å²) in [5, 5.41) is 2.23. The van der Waals surface area contributed by atoms with Crippen LogP contribution in [0.3, 0.4) is 0 Å². The molecule has 0 radical (unpaired) electrons. The number of hydrogen-bond donors (Lipinski definition) is 1. The molecule has 6 nitrogen and oxygen atoms in total. The van der Waals surface area contributed by atoms with E-state index in [9.17, 15) is 18.8 Å². The Balaban J connectivity index is 0.00000100. The first-order valence-electron chi connectivity index (χ1n) is 8.16. The molecule has 0 aliphatic carbocycles. The number of imide groups is 1. The van der Waals surface area contributed by atoms with E-state index in [4.69, 9.17) is 0 Å². The van der Waals surface area contributed by atoms with E-state index in [0.717, 1.165) is 0 Å². The van der Waals surface area contributed by atoms with Gasteiger partial charge in [-0.3, -0.25) is 24.0 Å². The normalized spacial score (nSPS) is 17.7. The number of benzene rings is 1. The van der Waals surface area contributed by atoms with Gasteiger partial charge in [0.1, 0.15) is 17.4 Å². The van der Waals surface area contributed by atoms with Crippen molar-refractivity contribution < 1.29 is 14.0 Å². The molecule has 1 saturated heterocycles. The van der Waals surface area contributed by atoms with E-state index in [2.05, 4.69) is 5.32 Å². The van der Waals surface area contributed by atoms with Crippen LogP contribution in [0.5, 0.6) is 0 Å². The molecule has 1 aliphatic heterocycles. The molecule has 0 saturated carbocycles. The number of piperidine rings is 1. The summed E-state index contributed by atoms with van der Waals surface area (Å²) in [6.45, 7) is 7.56. The zero-order valence-electron chi connectivity index (χ0n) is 14.3. The number of para-hydroxylation sites is 1. The van der Waals surface area contributed by atoms with Crippen molar-refractivity contribution in [2.75, 3.05) is 0 Å². The molecule has 3 rings (SSSR count). The Morgan fingerprint density at radius 1 is 1.21 bits per heavy atom. The number of fused-ring (bicyclic) bond motifs is 1. The van der Waals surface area contributed by atoms with E-state index >= 15 is 0 Å². The van der Waals surface area contributed by atoms with Gasteiger partial charge in [-0.25, -0.2) is 9.18 Å². The van der Waals surface area contributed by atoms with Crippen LogP contribution in [0, 0.1) is 5.82 Å². The molecule has 1 aromatic carbocycles. The summed E-state index contributed by atoms with van der Waals surface area (Å²) in [4.78, 5) is 36.1. The van der Waals surface area contributed by atoms with Crippen LogP contribution in [-0.2, 0) is 9.59 Å². The van der Waals surface area contributed by atoms with Crippen molar-refractivity contribution in [2.24, 2.45) is 0 Å². The molecule has 1 aromatic heterocycles. The monoisotopic (exact) mass is 335 g/mol. The summed E-state index contributed by atoms with van der Waals surface area (Å²) in [5.74, 6) is -1.38. The van der Waals surface area contributed by atoms with Crippen LogP contribution in [0.2, 0.25) is 0 Å². The van der Waals surface area contributed by atoms with E-state index in [0.29, 0.717) is 5.52 Å². The summed E-state index contributed by atoms with van der Waals surface area (Å²) < 4.78 is 16.8. The number of hydrogen-bond acceptors (Lipinski definition) is 3. The molecule has 1 N–H and O–H groups in total. The third kappa shape index (κ3) is 2.86. The van der Waals surface area contributed by atoms with Crippen molar-refractivity contribution >= 4 is 22.8 Å². The number of carbonyl (C=O) groups is 2. The second-order valence-corrected chi connectivity index (χ2v) is 5.69. The first kappa shape index (κ1) is 17.9. The van der Waals surface area contributed by atoms with Crippen molar-refractivity contribution in [2.45, 2.75) is 52.6 Å². The number of rotatable bonds is 2. The van der Waals surface area contributed by atoms with Gasteiger partial charge in [0, 0.05) is 12.5 Å². The zero-order valence-corrected chi connectivity index (χ0v) is 14.3. The van der Waals surface area contributed by atoms with Gasteiger partial charge < -0.3 is 0 Å². The molecule has 1 unspecified atom stereocenters. The fourth-order valence-corrected chi connectivity index (χ4v) is 2.96. The Kier molecular flexibility index (Phi) is 5.21. The van der Waals surface area contributed by atoms with Gasteiger partial charge in [-0.2, -0.15) is 0 Å². The minimum atomic E-state index is -0.797. The lowest BCUT2D eigenvalue weighted by molar-refractivity contribution is -0.135. The molecule has 1 fully saturated rings. The average Bonchev–Trinajstić information content (AvgIpc) is 2.83. The number of nitrogens with zero attached hydrogens (tertiary/aromatic N) is 2. The second kappa shape index (κ2) is 6.98. The standard InChI is InChI=1S/C15H16FN3O3.C2H6/c1-8(2)18-13-9(16)4-3-5-10(13)19(15(18)22)11-6-7-12(20)17-14(11)21;1-2/h3-5,8,11H,6-7H2,1-2H3,(H,17,20,21);1-2H3. The molecular formula is C17H22FN3O3. The Bertz CT molecular complexity index is 835. The van der Waals surface area contributed by atoms with Gasteiger partial charge in [0.25, 0.3) is 0 Å². The second-order valence-electron chi connectivity index (χ2n) is 5.69. The summed E-state index contributed by atoms with van der Waals surface area (Å²) in [5.41, 5.74) is 0.116. The predicted molar refractivity (Wildman–Crippen MR) is 89.3 cm³/mol. The van der Waals surface area contributed by atoms with Gasteiger partial charge in [0.05, 0.1) is 5.52 Å². The van der Waals surface area contributed by atoms with Crippen LogP contribution in [0.4, 0.5) is 4.39 Å². The highest BCUT2D eigenvalue weighted by atomic mass is 19.1. The average molecular weight is 335 g/mol. The summed E-state index contributed by atoms with van der Waals surface area (Å²) >= 11 is 0. The topological polar surface area (TPSA) is 73.1 Å². The van der Waals surface area contributed by atoms with Crippen LogP contribution < -0.4 is 11.0 Å².